The molecule has 2 fully saturated rings. The molecule has 1 atom stereocenters. The molecule has 2 aromatic heterocycles. The second-order valence-corrected chi connectivity index (χ2v) is 7.72. The number of rotatable bonds is 3. The molecule has 0 unspecified atom stereocenters. The molecule has 2 aliphatic rings. The van der Waals surface area contributed by atoms with Gasteiger partial charge in [-0.15, -0.1) is 0 Å². The van der Waals surface area contributed by atoms with Crippen molar-refractivity contribution in [2.45, 2.75) is 37.1 Å². The Labute approximate surface area is 151 Å². The van der Waals surface area contributed by atoms with Crippen LogP contribution in [-0.4, -0.2) is 40.3 Å². The smallest absolute Gasteiger partial charge is 0.227 e. The largest absolute Gasteiger partial charge is 0.350 e. The molecule has 2 aliphatic heterocycles. The zero-order chi connectivity index (χ0) is 17.3. The van der Waals surface area contributed by atoms with Gasteiger partial charge >= 0.3 is 0 Å². The standard InChI is InChI=1S/C19H21N3O2S/c23-17-11-16(15-2-1-6-20-12-15)19(21-17)4-7-22(8-5-19)18(24)10-14-3-9-25-13-14/h1-3,6,9,12-13,16H,4-5,7-8,10-11H2,(H,21,23)/t16-/m0/s1. The summed E-state index contributed by atoms with van der Waals surface area (Å²) in [7, 11) is 0. The molecular formula is C19H21N3O2S. The van der Waals surface area contributed by atoms with Gasteiger partial charge in [0, 0.05) is 37.8 Å². The number of likely N-dealkylation sites (tertiary alicyclic amines) is 1. The third kappa shape index (κ3) is 3.18. The summed E-state index contributed by atoms with van der Waals surface area (Å²) < 4.78 is 0. The monoisotopic (exact) mass is 355 g/mol. The average Bonchev–Trinajstić information content (AvgIpc) is 3.24. The van der Waals surface area contributed by atoms with Crippen LogP contribution >= 0.6 is 11.3 Å². The van der Waals surface area contributed by atoms with E-state index in [1.54, 1.807) is 17.5 Å². The Balaban J connectivity index is 1.46. The number of aromatic nitrogens is 1. The number of nitrogens with zero attached hydrogens (tertiary/aromatic N) is 2. The first-order valence-corrected chi connectivity index (χ1v) is 9.60. The number of hydrogen-bond acceptors (Lipinski definition) is 4. The van der Waals surface area contributed by atoms with E-state index < -0.39 is 0 Å². The lowest BCUT2D eigenvalue weighted by Gasteiger charge is -2.43. The van der Waals surface area contributed by atoms with Gasteiger partial charge in [0.2, 0.25) is 11.8 Å². The minimum Gasteiger partial charge on any atom is -0.350 e. The highest BCUT2D eigenvalue weighted by molar-refractivity contribution is 7.08. The number of carbonyl (C=O) groups excluding carboxylic acids is 2. The predicted molar refractivity (Wildman–Crippen MR) is 96.3 cm³/mol. The van der Waals surface area contributed by atoms with Crippen molar-refractivity contribution in [3.05, 3.63) is 52.5 Å². The molecule has 0 saturated carbocycles. The summed E-state index contributed by atoms with van der Waals surface area (Å²) >= 11 is 1.62. The van der Waals surface area contributed by atoms with E-state index in [0.29, 0.717) is 25.9 Å². The lowest BCUT2D eigenvalue weighted by atomic mass is 9.74. The number of pyridine rings is 1. The zero-order valence-electron chi connectivity index (χ0n) is 14.0. The highest BCUT2D eigenvalue weighted by atomic mass is 32.1. The number of nitrogens with one attached hydrogen (secondary N) is 1. The van der Waals surface area contributed by atoms with E-state index in [4.69, 9.17) is 0 Å². The molecule has 1 N–H and O–H groups in total. The quantitative estimate of drug-likeness (QED) is 0.919. The molecule has 4 rings (SSSR count). The molecule has 5 nitrogen and oxygen atoms in total. The van der Waals surface area contributed by atoms with Crippen molar-refractivity contribution in [2.24, 2.45) is 0 Å². The van der Waals surface area contributed by atoms with Crippen LogP contribution in [0.3, 0.4) is 0 Å². The van der Waals surface area contributed by atoms with Crippen LogP contribution in [-0.2, 0) is 16.0 Å². The van der Waals surface area contributed by atoms with Gasteiger partial charge in [-0.3, -0.25) is 14.6 Å². The molecule has 2 amide bonds. The summed E-state index contributed by atoms with van der Waals surface area (Å²) in [6.07, 6.45) is 6.19. The Kier molecular flexibility index (Phi) is 4.29. The van der Waals surface area contributed by atoms with Crippen LogP contribution in [0.15, 0.2) is 41.4 Å². The second-order valence-electron chi connectivity index (χ2n) is 6.94. The third-order valence-electron chi connectivity index (χ3n) is 5.48. The van der Waals surface area contributed by atoms with E-state index in [-0.39, 0.29) is 23.3 Å². The number of carbonyl (C=O) groups is 2. The van der Waals surface area contributed by atoms with Gasteiger partial charge in [0.15, 0.2) is 0 Å². The first kappa shape index (κ1) is 16.3. The number of hydrogen-bond donors (Lipinski definition) is 1. The Morgan fingerprint density at radius 2 is 2.20 bits per heavy atom. The maximum atomic E-state index is 12.5. The fourth-order valence-corrected chi connectivity index (χ4v) is 4.79. The van der Waals surface area contributed by atoms with Crippen LogP contribution in [0.1, 0.15) is 36.3 Å². The van der Waals surface area contributed by atoms with Crippen molar-refractivity contribution >= 4 is 23.2 Å². The van der Waals surface area contributed by atoms with E-state index in [2.05, 4.69) is 10.3 Å². The van der Waals surface area contributed by atoms with Crippen molar-refractivity contribution in [3.8, 4) is 0 Å². The first-order chi connectivity index (χ1) is 12.2. The van der Waals surface area contributed by atoms with Crippen molar-refractivity contribution in [1.82, 2.24) is 15.2 Å². The minimum absolute atomic E-state index is 0.104. The molecular weight excluding hydrogens is 334 g/mol. The summed E-state index contributed by atoms with van der Waals surface area (Å²) in [6, 6.07) is 5.97. The van der Waals surface area contributed by atoms with Gasteiger partial charge in [0.25, 0.3) is 0 Å². The van der Waals surface area contributed by atoms with Crippen molar-refractivity contribution in [1.29, 1.82) is 0 Å². The molecule has 130 valence electrons. The average molecular weight is 355 g/mol. The Morgan fingerprint density at radius 3 is 2.88 bits per heavy atom. The van der Waals surface area contributed by atoms with E-state index in [9.17, 15) is 9.59 Å². The molecule has 4 heterocycles. The Morgan fingerprint density at radius 1 is 1.36 bits per heavy atom. The Bertz CT molecular complexity index is 752. The van der Waals surface area contributed by atoms with Gasteiger partial charge in [-0.25, -0.2) is 0 Å². The number of amides is 2. The molecule has 0 aromatic carbocycles. The molecule has 6 heteroatoms. The van der Waals surface area contributed by atoms with Crippen molar-refractivity contribution in [2.75, 3.05) is 13.1 Å². The summed E-state index contributed by atoms with van der Waals surface area (Å²) in [4.78, 5) is 30.8. The third-order valence-corrected chi connectivity index (χ3v) is 6.21. The molecule has 1 spiro atoms. The molecule has 0 bridgehead atoms. The van der Waals surface area contributed by atoms with Crippen LogP contribution < -0.4 is 5.32 Å². The van der Waals surface area contributed by atoms with Crippen molar-refractivity contribution in [3.63, 3.8) is 0 Å². The topological polar surface area (TPSA) is 62.3 Å². The maximum absolute atomic E-state index is 12.5. The fourth-order valence-electron chi connectivity index (χ4n) is 4.12. The summed E-state index contributed by atoms with van der Waals surface area (Å²) in [5.74, 6) is 0.422. The first-order valence-electron chi connectivity index (χ1n) is 8.66. The van der Waals surface area contributed by atoms with E-state index >= 15 is 0 Å². The van der Waals surface area contributed by atoms with E-state index in [1.807, 2.05) is 40.1 Å². The Hall–Kier alpha value is -2.21. The van der Waals surface area contributed by atoms with Crippen LogP contribution in [0.25, 0.3) is 0 Å². The van der Waals surface area contributed by atoms with E-state index in [0.717, 1.165) is 24.0 Å². The van der Waals surface area contributed by atoms with Crippen molar-refractivity contribution < 1.29 is 9.59 Å². The van der Waals surface area contributed by atoms with Gasteiger partial charge in [-0.1, -0.05) is 6.07 Å². The molecule has 2 aromatic rings. The lowest BCUT2D eigenvalue weighted by Crippen LogP contribution is -2.54. The summed E-state index contributed by atoms with van der Waals surface area (Å²) in [5.41, 5.74) is 1.95. The van der Waals surface area contributed by atoms with E-state index in [1.165, 1.54) is 0 Å². The maximum Gasteiger partial charge on any atom is 0.227 e. The van der Waals surface area contributed by atoms with Gasteiger partial charge in [0.1, 0.15) is 0 Å². The minimum atomic E-state index is -0.237. The highest BCUT2D eigenvalue weighted by Gasteiger charge is 2.49. The zero-order valence-corrected chi connectivity index (χ0v) is 14.8. The molecule has 25 heavy (non-hydrogen) atoms. The highest BCUT2D eigenvalue weighted by Crippen LogP contribution is 2.42. The van der Waals surface area contributed by atoms with Gasteiger partial charge in [0.05, 0.1) is 12.0 Å². The second kappa shape index (κ2) is 6.59. The van der Waals surface area contributed by atoms with Crippen LogP contribution in [0, 0.1) is 0 Å². The lowest BCUT2D eigenvalue weighted by molar-refractivity contribution is -0.132. The number of thiophene rings is 1. The predicted octanol–water partition coefficient (Wildman–Crippen LogP) is 2.35. The van der Waals surface area contributed by atoms with Crippen LogP contribution in [0.5, 0.6) is 0 Å². The van der Waals surface area contributed by atoms with Gasteiger partial charge < -0.3 is 10.2 Å². The molecule has 0 aliphatic carbocycles. The van der Waals surface area contributed by atoms with Crippen LogP contribution in [0.4, 0.5) is 0 Å². The van der Waals surface area contributed by atoms with Gasteiger partial charge in [-0.05, 0) is 46.9 Å². The van der Waals surface area contributed by atoms with Crippen LogP contribution in [0.2, 0.25) is 0 Å². The van der Waals surface area contributed by atoms with Gasteiger partial charge in [-0.2, -0.15) is 11.3 Å². The molecule has 2 saturated heterocycles. The summed E-state index contributed by atoms with van der Waals surface area (Å²) in [6.45, 7) is 1.39. The normalized spacial score (nSPS) is 22.2. The number of piperidine rings is 1. The summed E-state index contributed by atoms with van der Waals surface area (Å²) in [5, 5.41) is 7.25. The SMILES string of the molecule is O=C1C[C@@H](c2cccnc2)C2(CCN(C(=O)Cc3ccsc3)CC2)N1. The molecule has 0 radical (unpaired) electrons. The fraction of sp³-hybridized carbons (Fsp3) is 0.421.